The van der Waals surface area contributed by atoms with Gasteiger partial charge in [0.2, 0.25) is 0 Å². The maximum atomic E-state index is 14.4. The number of esters is 2. The third-order valence-corrected chi connectivity index (χ3v) is 15.1. The fourth-order valence-electron chi connectivity index (χ4n) is 10.5. The Kier molecular flexibility index (Phi) is 21.9. The Hall–Kier alpha value is -5.29. The molecule has 71 heavy (non-hydrogen) atoms. The number of carbonyl (C=O) groups is 3. The van der Waals surface area contributed by atoms with Crippen molar-refractivity contribution >= 4 is 57.1 Å². The largest absolute Gasteiger partial charge is 0.469 e. The van der Waals surface area contributed by atoms with Gasteiger partial charge in [-0.1, -0.05) is 105 Å². The summed E-state index contributed by atoms with van der Waals surface area (Å²) in [6, 6.07) is 6.17. The Morgan fingerprint density at radius 3 is 2.15 bits per heavy atom. The molecule has 0 saturated heterocycles. The molecular weight excluding hydrogens is 887 g/mol. The molecule has 0 saturated carbocycles. The lowest BCUT2D eigenvalue weighted by atomic mass is 9.84. The van der Waals surface area contributed by atoms with E-state index >= 15 is 0 Å². The van der Waals surface area contributed by atoms with Crippen LogP contribution in [0.25, 0.3) is 39.3 Å². The van der Waals surface area contributed by atoms with Gasteiger partial charge in [-0.2, -0.15) is 0 Å². The molecule has 5 rings (SSSR count). The molecule has 0 aromatic carbocycles. The van der Waals surface area contributed by atoms with E-state index in [1.165, 1.54) is 57.6 Å². The van der Waals surface area contributed by atoms with Crippen molar-refractivity contribution in [3.05, 3.63) is 87.0 Å². The topological polar surface area (TPSA) is 159 Å². The molecule has 0 aliphatic carbocycles. The highest BCUT2D eigenvalue weighted by Gasteiger charge is 2.36. The van der Waals surface area contributed by atoms with Gasteiger partial charge < -0.3 is 29.9 Å². The predicted octanol–water partition coefficient (Wildman–Crippen LogP) is 13.7. The summed E-state index contributed by atoms with van der Waals surface area (Å²) < 4.78 is 11.2. The quantitative estimate of drug-likeness (QED) is 0.0334. The second-order valence-electron chi connectivity index (χ2n) is 21.1. The van der Waals surface area contributed by atoms with Crippen LogP contribution >= 0.6 is 0 Å². The van der Waals surface area contributed by atoms with Gasteiger partial charge in [0.25, 0.3) is 5.91 Å². The Labute approximate surface area is 425 Å². The summed E-state index contributed by atoms with van der Waals surface area (Å²) in [5.41, 5.74) is 13.0. The third-order valence-electron chi connectivity index (χ3n) is 15.1. The van der Waals surface area contributed by atoms with E-state index in [1.54, 1.807) is 0 Å². The first-order chi connectivity index (χ1) is 34.0. The van der Waals surface area contributed by atoms with E-state index in [2.05, 4.69) is 96.3 Å². The molecule has 3 aromatic heterocycles. The van der Waals surface area contributed by atoms with Gasteiger partial charge >= 0.3 is 11.9 Å². The van der Waals surface area contributed by atoms with E-state index in [0.717, 1.165) is 87.5 Å². The highest BCUT2D eigenvalue weighted by molar-refractivity contribution is 6.27. The number of amides is 1. The molecule has 0 spiro atoms. The van der Waals surface area contributed by atoms with Crippen molar-refractivity contribution in [2.45, 2.75) is 184 Å². The maximum absolute atomic E-state index is 14.4. The number of nitrogens with one attached hydrogen (secondary N) is 3. The summed E-state index contributed by atoms with van der Waals surface area (Å²) in [4.78, 5) is 59.5. The highest BCUT2D eigenvalue weighted by atomic mass is 16.5. The number of aryl methyl sites for hydroxylation is 3. The molecule has 11 heteroatoms. The Morgan fingerprint density at radius 2 is 1.49 bits per heavy atom. The zero-order valence-corrected chi connectivity index (χ0v) is 45.3. The number of ether oxygens (including phenoxy) is 2. The lowest BCUT2D eigenvalue weighted by Crippen LogP contribution is -2.26. The summed E-state index contributed by atoms with van der Waals surface area (Å²) >= 11 is 0. The second-order valence-corrected chi connectivity index (χ2v) is 21.1. The van der Waals surface area contributed by atoms with Gasteiger partial charge in [-0.15, -0.1) is 0 Å². The number of aliphatic hydroxyl groups excluding tert-OH is 1. The number of H-pyrrole nitrogens is 2. The number of unbranched alkanes of at least 4 members (excludes halogenated alkanes) is 2. The van der Waals surface area contributed by atoms with Crippen molar-refractivity contribution in [1.29, 1.82) is 0 Å². The van der Waals surface area contributed by atoms with Crippen molar-refractivity contribution in [2.75, 3.05) is 26.9 Å². The zero-order chi connectivity index (χ0) is 51.8. The average Bonchev–Trinajstić information content (AvgIpc) is 4.02. The molecule has 4 unspecified atom stereocenters. The number of methoxy groups -OCH3 is 1. The maximum Gasteiger partial charge on any atom is 0.310 e. The fourth-order valence-corrected chi connectivity index (χ4v) is 10.5. The van der Waals surface area contributed by atoms with Gasteiger partial charge in [-0.25, -0.2) is 4.98 Å². The fraction of sp³-hybridized carbons (Fsp3) is 0.583. The molecule has 2 aliphatic rings. The van der Waals surface area contributed by atoms with Crippen LogP contribution in [0.15, 0.2) is 36.4 Å². The number of hydrogen-bond acceptors (Lipinski definition) is 8. The van der Waals surface area contributed by atoms with Crippen LogP contribution in [0.2, 0.25) is 0 Å². The zero-order valence-electron chi connectivity index (χ0n) is 45.3. The normalized spacial score (nSPS) is 15.8. The van der Waals surface area contributed by atoms with E-state index in [-0.39, 0.29) is 49.8 Å². The number of aromatic amines is 2. The number of aromatic nitrogens is 4. The van der Waals surface area contributed by atoms with Gasteiger partial charge in [0.1, 0.15) is 6.61 Å². The molecule has 1 amide bonds. The summed E-state index contributed by atoms with van der Waals surface area (Å²) in [6.07, 6.45) is 18.4. The number of rotatable bonds is 27. The van der Waals surface area contributed by atoms with E-state index in [0.29, 0.717) is 65.5 Å². The van der Waals surface area contributed by atoms with Gasteiger partial charge in [0, 0.05) is 70.3 Å². The Balaban J connectivity index is 1.47. The number of aliphatic hydroxyl groups is 1. The molecule has 4 atom stereocenters. The van der Waals surface area contributed by atoms with Gasteiger partial charge in [0.05, 0.1) is 36.2 Å². The molecule has 3 aromatic rings. The molecule has 2 aliphatic heterocycles. The number of fused-ring (bicyclic) bond motifs is 8. The minimum absolute atomic E-state index is 0.0944. The van der Waals surface area contributed by atoms with Crippen molar-refractivity contribution < 1.29 is 29.0 Å². The van der Waals surface area contributed by atoms with Crippen molar-refractivity contribution in [3.8, 4) is 0 Å². The Morgan fingerprint density at radius 1 is 0.817 bits per heavy atom. The first-order valence-corrected chi connectivity index (χ1v) is 26.9. The number of hydrogen-bond donors (Lipinski definition) is 4. The molecular formula is C60H87N5O6. The summed E-state index contributed by atoms with van der Waals surface area (Å²) in [6.45, 7) is 26.7. The third kappa shape index (κ3) is 15.4. The molecule has 4 N–H and O–H groups in total. The van der Waals surface area contributed by atoms with Gasteiger partial charge in [-0.05, 0) is 137 Å². The van der Waals surface area contributed by atoms with Gasteiger partial charge in [-0.3, -0.25) is 19.4 Å². The van der Waals surface area contributed by atoms with Crippen molar-refractivity contribution in [1.82, 2.24) is 25.3 Å². The van der Waals surface area contributed by atoms with Crippen LogP contribution in [-0.2, 0) is 36.7 Å². The minimum atomic E-state index is -0.495. The summed E-state index contributed by atoms with van der Waals surface area (Å²) in [5, 5.41) is 12.5. The van der Waals surface area contributed by atoms with Gasteiger partial charge in [0.15, 0.2) is 0 Å². The van der Waals surface area contributed by atoms with E-state index in [9.17, 15) is 19.5 Å². The van der Waals surface area contributed by atoms with Crippen molar-refractivity contribution in [3.63, 3.8) is 0 Å². The smallest absolute Gasteiger partial charge is 0.310 e. The van der Waals surface area contributed by atoms with Crippen LogP contribution in [0.4, 0.5) is 0 Å². The molecule has 0 fully saturated rings. The van der Waals surface area contributed by atoms with E-state index in [1.807, 2.05) is 25.1 Å². The average molecular weight is 974 g/mol. The number of nitrogens with zero attached hydrogens (tertiary/aromatic N) is 2. The molecule has 388 valence electrons. The molecule has 8 bridgehead atoms. The Bertz CT molecular complexity index is 2560. The highest BCUT2D eigenvalue weighted by Crippen LogP contribution is 2.44. The van der Waals surface area contributed by atoms with Crippen LogP contribution in [0.5, 0.6) is 0 Å². The monoisotopic (exact) mass is 974 g/mol. The first kappa shape index (κ1) is 56.6. The molecule has 5 heterocycles. The first-order valence-electron chi connectivity index (χ1n) is 26.9. The van der Waals surface area contributed by atoms with Crippen LogP contribution in [0.1, 0.15) is 208 Å². The lowest BCUT2D eigenvalue weighted by molar-refractivity contribution is -0.143. The van der Waals surface area contributed by atoms with Crippen LogP contribution < -0.4 is 5.32 Å². The summed E-state index contributed by atoms with van der Waals surface area (Å²) in [7, 11) is 1.35. The van der Waals surface area contributed by atoms with Crippen LogP contribution in [0.3, 0.4) is 0 Å². The SMILES string of the molecule is C=Cc1c(C)c2cc3nc(c(CC(=O)OC)c4nc(cc5[nH]c(cc1[nH]2)c(C)c5CC)C(C)=C4C(=O)NCCCCCO)C(CCC(=O)OCC=C(C)CCCC(C)CCCC(C)CCCC(C)C)C3C. The molecule has 0 radical (unpaired) electrons. The standard InChI is InChI=1S/C60H87N5O6/c1-13-45-41(8)49-34-51-43(10)47(27-28-55(67)71-32-29-40(7)26-20-25-39(6)24-19-23-38(5)22-18-21-37(3)4)58(64-51)48(33-56(68)70-12)59-57(60(69)61-30-16-15-17-31-66)44(11)52(65-59)36-54-46(14-2)42(9)50(63-54)35-53(45)62-49/h13,29,34-39,43,47,62-63,66H,1,14-28,30-33H2,2-12H3,(H,61,69). The van der Waals surface area contributed by atoms with Crippen LogP contribution in [0, 0.1) is 31.6 Å². The summed E-state index contributed by atoms with van der Waals surface area (Å²) in [5.74, 6) is 0.694. The minimum Gasteiger partial charge on any atom is -0.469 e. The second kappa shape index (κ2) is 27.5. The van der Waals surface area contributed by atoms with Crippen molar-refractivity contribution in [2.24, 2.45) is 17.8 Å². The molecule has 11 nitrogen and oxygen atoms in total. The predicted molar refractivity (Wildman–Crippen MR) is 292 cm³/mol. The van der Waals surface area contributed by atoms with E-state index < -0.39 is 5.97 Å². The van der Waals surface area contributed by atoms with Crippen LogP contribution in [-0.4, -0.2) is 69.8 Å². The lowest BCUT2D eigenvalue weighted by Gasteiger charge is -2.19. The number of allylic oxidation sites excluding steroid dienone is 2. The van der Waals surface area contributed by atoms with E-state index in [4.69, 9.17) is 19.4 Å². The number of carbonyl (C=O) groups excluding carboxylic acids is 3.